The van der Waals surface area contributed by atoms with Crippen molar-refractivity contribution in [1.29, 1.82) is 0 Å². The number of ether oxygens (including phenoxy) is 1. The number of unbranched alkanes of at least 4 members (excludes halogenated alkanes) is 21. The molecule has 56 heavy (non-hydrogen) atoms. The van der Waals surface area contributed by atoms with Crippen LogP contribution in [0.4, 0.5) is 0 Å². The van der Waals surface area contributed by atoms with E-state index >= 15 is 0 Å². The SMILES string of the molecule is CCCCCCCCCC(CCCCCCCC=O)C(CCCCCCCCC)CCCCCCCC(=O)OC1CC(C)(CC)N(OC(C)=O)C(C)(CC)C1C. The van der Waals surface area contributed by atoms with Gasteiger partial charge in [-0.2, -0.15) is 0 Å². The van der Waals surface area contributed by atoms with Gasteiger partial charge < -0.3 is 14.4 Å². The quantitative estimate of drug-likeness (QED) is 0.0354. The number of hydroxylamine groups is 2. The highest BCUT2D eigenvalue weighted by atomic mass is 16.7. The monoisotopic (exact) mass is 790 g/mol. The molecule has 0 spiro atoms. The Labute approximate surface area is 348 Å². The fourth-order valence-corrected chi connectivity index (χ4v) is 9.69. The van der Waals surface area contributed by atoms with Crippen LogP contribution in [-0.2, 0) is 24.0 Å². The summed E-state index contributed by atoms with van der Waals surface area (Å²) < 4.78 is 6.22. The van der Waals surface area contributed by atoms with E-state index in [4.69, 9.17) is 9.57 Å². The van der Waals surface area contributed by atoms with Gasteiger partial charge in [-0.3, -0.25) is 9.59 Å². The summed E-state index contributed by atoms with van der Waals surface area (Å²) >= 11 is 0. The predicted octanol–water partition coefficient (Wildman–Crippen LogP) is 15.2. The molecule has 0 aromatic heterocycles. The Kier molecular flexibility index (Phi) is 30.5. The van der Waals surface area contributed by atoms with Crippen molar-refractivity contribution in [2.75, 3.05) is 0 Å². The Morgan fingerprint density at radius 2 is 1.04 bits per heavy atom. The lowest BCUT2D eigenvalue weighted by atomic mass is 9.69. The molecule has 6 heteroatoms. The first-order chi connectivity index (χ1) is 27.0. The predicted molar refractivity (Wildman–Crippen MR) is 238 cm³/mol. The maximum absolute atomic E-state index is 13.2. The van der Waals surface area contributed by atoms with E-state index in [9.17, 15) is 14.4 Å². The number of piperidine rings is 1. The van der Waals surface area contributed by atoms with Crippen LogP contribution >= 0.6 is 0 Å². The van der Waals surface area contributed by atoms with E-state index in [2.05, 4.69) is 48.5 Å². The Balaban J connectivity index is 2.70. The molecular weight excluding hydrogens is 695 g/mol. The molecule has 1 aliphatic heterocycles. The molecule has 6 nitrogen and oxygen atoms in total. The molecule has 0 saturated carbocycles. The average Bonchev–Trinajstić information content (AvgIpc) is 3.18. The first-order valence-corrected chi connectivity index (χ1v) is 24.6. The maximum atomic E-state index is 13.2. The molecule has 1 fully saturated rings. The third-order valence-electron chi connectivity index (χ3n) is 14.0. The van der Waals surface area contributed by atoms with Gasteiger partial charge in [0.2, 0.25) is 0 Å². The Bertz CT molecular complexity index is 986. The summed E-state index contributed by atoms with van der Waals surface area (Å²) in [6.45, 7) is 16.8. The topological polar surface area (TPSA) is 72.9 Å². The molecule has 0 N–H and O–H groups in total. The molecule has 1 saturated heterocycles. The first-order valence-electron chi connectivity index (χ1n) is 24.6. The first kappa shape index (κ1) is 52.6. The summed E-state index contributed by atoms with van der Waals surface area (Å²) in [4.78, 5) is 41.8. The Hall–Kier alpha value is -1.43. The van der Waals surface area contributed by atoms with Crippen LogP contribution in [0.25, 0.3) is 0 Å². The van der Waals surface area contributed by atoms with Gasteiger partial charge in [0, 0.05) is 32.1 Å². The van der Waals surface area contributed by atoms with Gasteiger partial charge in [0.1, 0.15) is 12.4 Å². The fraction of sp³-hybridized carbons (Fsp3) is 0.940. The number of nitrogens with zero attached hydrogens (tertiary/aromatic N) is 1. The van der Waals surface area contributed by atoms with Crippen molar-refractivity contribution in [1.82, 2.24) is 5.06 Å². The summed E-state index contributed by atoms with van der Waals surface area (Å²) in [6.07, 6.45) is 41.4. The summed E-state index contributed by atoms with van der Waals surface area (Å²) in [7, 11) is 0. The largest absolute Gasteiger partial charge is 0.462 e. The zero-order valence-corrected chi connectivity index (χ0v) is 38.7. The van der Waals surface area contributed by atoms with E-state index in [0.29, 0.717) is 12.8 Å². The van der Waals surface area contributed by atoms with Gasteiger partial charge in [0.25, 0.3) is 0 Å². The molecule has 0 aliphatic carbocycles. The van der Waals surface area contributed by atoms with Crippen LogP contribution < -0.4 is 0 Å². The molecule has 0 aromatic carbocycles. The zero-order chi connectivity index (χ0) is 41.5. The third kappa shape index (κ3) is 21.5. The molecule has 1 aliphatic rings. The van der Waals surface area contributed by atoms with Crippen molar-refractivity contribution in [3.63, 3.8) is 0 Å². The van der Waals surface area contributed by atoms with Gasteiger partial charge in [-0.25, -0.2) is 0 Å². The maximum Gasteiger partial charge on any atom is 0.322 e. The molecule has 1 heterocycles. The van der Waals surface area contributed by atoms with Crippen LogP contribution in [0.15, 0.2) is 0 Å². The summed E-state index contributed by atoms with van der Waals surface area (Å²) in [6, 6.07) is 0. The summed E-state index contributed by atoms with van der Waals surface area (Å²) in [5.41, 5.74) is -0.789. The lowest BCUT2D eigenvalue weighted by Gasteiger charge is -2.57. The van der Waals surface area contributed by atoms with Crippen molar-refractivity contribution >= 4 is 18.2 Å². The van der Waals surface area contributed by atoms with E-state index in [0.717, 1.165) is 56.6 Å². The molecular formula is C50H95NO5. The minimum Gasteiger partial charge on any atom is -0.462 e. The van der Waals surface area contributed by atoms with Gasteiger partial charge >= 0.3 is 11.9 Å². The molecule has 0 radical (unpaired) electrons. The Morgan fingerprint density at radius 3 is 1.43 bits per heavy atom. The average molecular weight is 790 g/mol. The van der Waals surface area contributed by atoms with Gasteiger partial charge in [0.05, 0.1) is 11.1 Å². The van der Waals surface area contributed by atoms with E-state index in [-0.39, 0.29) is 29.5 Å². The van der Waals surface area contributed by atoms with Crippen molar-refractivity contribution in [2.45, 2.75) is 284 Å². The number of hydrogen-bond acceptors (Lipinski definition) is 6. The number of hydrogen-bond donors (Lipinski definition) is 0. The van der Waals surface area contributed by atoms with Crippen molar-refractivity contribution in [3.05, 3.63) is 0 Å². The fourth-order valence-electron chi connectivity index (χ4n) is 9.69. The van der Waals surface area contributed by atoms with E-state index < -0.39 is 5.54 Å². The molecule has 330 valence electrons. The standard InChI is InChI=1S/C50H95NO5/c1-9-13-15-17-19-24-30-36-45(38-32-26-21-22-29-35-41-52)46(37-31-25-20-18-16-14-10-2)39-33-27-23-28-34-40-48(54)55-47-42-49(7,11-3)51(56-44(6)53)50(8,12-4)43(47)5/h41,43,45-47H,9-40,42H2,1-8H3. The molecule has 0 aromatic rings. The van der Waals surface area contributed by atoms with Crippen molar-refractivity contribution < 1.29 is 24.0 Å². The lowest BCUT2D eigenvalue weighted by Crippen LogP contribution is -2.68. The number of rotatable bonds is 37. The number of aldehydes is 1. The van der Waals surface area contributed by atoms with Crippen molar-refractivity contribution in [3.8, 4) is 0 Å². The van der Waals surface area contributed by atoms with Crippen LogP contribution in [0.3, 0.4) is 0 Å². The highest BCUT2D eigenvalue weighted by Gasteiger charge is 2.56. The van der Waals surface area contributed by atoms with E-state index in [1.54, 1.807) is 0 Å². The van der Waals surface area contributed by atoms with E-state index in [1.165, 1.54) is 167 Å². The van der Waals surface area contributed by atoms with Gasteiger partial charge in [-0.05, 0) is 51.4 Å². The normalized spacial score (nSPS) is 22.5. The molecule has 6 unspecified atom stereocenters. The van der Waals surface area contributed by atoms with Crippen molar-refractivity contribution in [2.24, 2.45) is 17.8 Å². The van der Waals surface area contributed by atoms with E-state index in [1.807, 2.05) is 5.06 Å². The summed E-state index contributed by atoms with van der Waals surface area (Å²) in [5, 5.41) is 1.92. The number of esters is 1. The van der Waals surface area contributed by atoms with Gasteiger partial charge in [0.15, 0.2) is 0 Å². The molecule has 1 rings (SSSR count). The van der Waals surface area contributed by atoms with Crippen LogP contribution in [0.5, 0.6) is 0 Å². The van der Waals surface area contributed by atoms with Crippen LogP contribution in [0.2, 0.25) is 0 Å². The van der Waals surface area contributed by atoms with Gasteiger partial charge in [-0.15, -0.1) is 5.06 Å². The highest BCUT2D eigenvalue weighted by Crippen LogP contribution is 2.47. The molecule has 0 bridgehead atoms. The second-order valence-corrected chi connectivity index (χ2v) is 18.6. The minimum atomic E-state index is -0.406. The zero-order valence-electron chi connectivity index (χ0n) is 38.7. The minimum absolute atomic E-state index is 0.0486. The van der Waals surface area contributed by atoms with Crippen LogP contribution in [0.1, 0.15) is 267 Å². The van der Waals surface area contributed by atoms with Crippen LogP contribution in [0, 0.1) is 17.8 Å². The second kappa shape index (κ2) is 32.4. The van der Waals surface area contributed by atoms with Gasteiger partial charge in [-0.1, -0.05) is 202 Å². The third-order valence-corrected chi connectivity index (χ3v) is 14.0. The van der Waals surface area contributed by atoms with Crippen LogP contribution in [-0.4, -0.2) is 40.5 Å². The summed E-state index contributed by atoms with van der Waals surface area (Å²) in [5.74, 6) is 1.39. The molecule has 6 atom stereocenters. The lowest BCUT2D eigenvalue weighted by molar-refractivity contribution is -0.299. The molecule has 0 amide bonds. The highest BCUT2D eigenvalue weighted by molar-refractivity contribution is 5.69. The smallest absolute Gasteiger partial charge is 0.322 e. The number of carbonyl (C=O) groups excluding carboxylic acids is 3. The Morgan fingerprint density at radius 1 is 0.625 bits per heavy atom. The second-order valence-electron chi connectivity index (χ2n) is 18.6. The number of carbonyl (C=O) groups is 3.